The summed E-state index contributed by atoms with van der Waals surface area (Å²) in [5.74, 6) is 0.120. The number of hydrogen-bond acceptors (Lipinski definition) is 2. The number of carbonyl (C=O) groups is 2. The first-order chi connectivity index (χ1) is 5.67. The Morgan fingerprint density at radius 1 is 1.46 bits per heavy atom. The van der Waals surface area contributed by atoms with Crippen molar-refractivity contribution < 1.29 is 9.59 Å². The molecular formula is C10H15BrO2. The largest absolute Gasteiger partial charge is 0.303 e. The van der Waals surface area contributed by atoms with Crippen molar-refractivity contribution in [1.82, 2.24) is 0 Å². The second kappa shape index (κ2) is 2.66. The maximum Gasteiger partial charge on any atom is 0.155 e. The van der Waals surface area contributed by atoms with E-state index in [9.17, 15) is 9.59 Å². The van der Waals surface area contributed by atoms with Gasteiger partial charge in [0.2, 0.25) is 0 Å². The Hall–Kier alpha value is -0.180. The minimum atomic E-state index is -0.597. The predicted octanol–water partition coefficient (Wildman–Crippen LogP) is 2.34. The maximum atomic E-state index is 11.9. The maximum absolute atomic E-state index is 11.9. The molecule has 1 fully saturated rings. The first kappa shape index (κ1) is 10.9. The summed E-state index contributed by atoms with van der Waals surface area (Å²) in [7, 11) is 0. The van der Waals surface area contributed by atoms with Crippen LogP contribution >= 0.6 is 15.9 Å². The number of Topliss-reactive ketones (excluding diaryl/α,β-unsaturated/α-hetero) is 1. The Labute approximate surface area is 87.2 Å². The molecule has 0 saturated heterocycles. The molecule has 2 atom stereocenters. The molecule has 0 aromatic rings. The smallest absolute Gasteiger partial charge is 0.155 e. The van der Waals surface area contributed by atoms with Gasteiger partial charge >= 0.3 is 0 Å². The molecule has 2 unspecified atom stereocenters. The van der Waals surface area contributed by atoms with Gasteiger partial charge < -0.3 is 4.79 Å². The lowest BCUT2D eigenvalue weighted by molar-refractivity contribution is -0.128. The van der Waals surface area contributed by atoms with Crippen LogP contribution in [-0.4, -0.2) is 16.4 Å². The summed E-state index contributed by atoms with van der Waals surface area (Å²) in [4.78, 5) is 22.7. The van der Waals surface area contributed by atoms with Gasteiger partial charge in [-0.05, 0) is 6.42 Å². The van der Waals surface area contributed by atoms with Crippen LogP contribution in [0.1, 0.15) is 34.1 Å². The van der Waals surface area contributed by atoms with E-state index in [1.165, 1.54) is 0 Å². The number of alkyl halides is 1. The van der Waals surface area contributed by atoms with Crippen molar-refractivity contribution in [3.63, 3.8) is 0 Å². The zero-order valence-corrected chi connectivity index (χ0v) is 10.1. The molecule has 0 aliphatic heterocycles. The molecule has 74 valence electrons. The average Bonchev–Trinajstić information content (AvgIpc) is 2.54. The first-order valence-electron chi connectivity index (χ1n) is 4.37. The fourth-order valence-corrected chi connectivity index (χ4v) is 2.80. The van der Waals surface area contributed by atoms with Crippen molar-refractivity contribution in [3.8, 4) is 0 Å². The van der Waals surface area contributed by atoms with Gasteiger partial charge in [0.1, 0.15) is 6.29 Å². The summed E-state index contributed by atoms with van der Waals surface area (Å²) < 4.78 is -0.597. The summed E-state index contributed by atoms with van der Waals surface area (Å²) in [5.41, 5.74) is -0.873. The molecule has 1 rings (SSSR count). The van der Waals surface area contributed by atoms with Crippen LogP contribution in [-0.2, 0) is 9.59 Å². The molecule has 0 heterocycles. The Bertz CT molecular complexity index is 267. The summed E-state index contributed by atoms with van der Waals surface area (Å²) in [6.45, 7) is 7.45. The second-order valence-electron chi connectivity index (χ2n) is 5.09. The van der Waals surface area contributed by atoms with Crippen LogP contribution in [0.5, 0.6) is 0 Å². The van der Waals surface area contributed by atoms with Crippen molar-refractivity contribution in [1.29, 1.82) is 0 Å². The van der Waals surface area contributed by atoms with Gasteiger partial charge in [0, 0.05) is 10.8 Å². The van der Waals surface area contributed by atoms with E-state index in [1.54, 1.807) is 0 Å². The predicted molar refractivity (Wildman–Crippen MR) is 54.9 cm³/mol. The fourth-order valence-electron chi connectivity index (χ4n) is 1.53. The van der Waals surface area contributed by atoms with Crippen molar-refractivity contribution in [2.24, 2.45) is 10.8 Å². The number of rotatable bonds is 2. The third-order valence-corrected chi connectivity index (χ3v) is 4.24. The van der Waals surface area contributed by atoms with E-state index in [1.807, 2.05) is 27.7 Å². The van der Waals surface area contributed by atoms with E-state index in [-0.39, 0.29) is 11.2 Å². The molecule has 0 radical (unpaired) electrons. The molecule has 0 N–H and O–H groups in total. The number of carbonyl (C=O) groups excluding carboxylic acids is 2. The monoisotopic (exact) mass is 246 g/mol. The molecule has 2 nitrogen and oxygen atoms in total. The van der Waals surface area contributed by atoms with E-state index in [2.05, 4.69) is 15.9 Å². The number of halogens is 1. The van der Waals surface area contributed by atoms with Gasteiger partial charge in [0.05, 0.1) is 4.32 Å². The van der Waals surface area contributed by atoms with Crippen LogP contribution in [0.2, 0.25) is 0 Å². The van der Waals surface area contributed by atoms with Crippen LogP contribution in [0, 0.1) is 10.8 Å². The lowest BCUT2D eigenvalue weighted by Gasteiger charge is -2.22. The molecule has 0 bridgehead atoms. The quantitative estimate of drug-likeness (QED) is 0.554. The van der Waals surface area contributed by atoms with Crippen LogP contribution in [0.3, 0.4) is 0 Å². The molecule has 0 spiro atoms. The van der Waals surface area contributed by atoms with Crippen molar-refractivity contribution in [3.05, 3.63) is 0 Å². The van der Waals surface area contributed by atoms with Gasteiger partial charge in [-0.25, -0.2) is 0 Å². The normalized spacial score (nSPS) is 38.5. The molecule has 0 aromatic heterocycles. The Morgan fingerprint density at radius 2 is 1.92 bits per heavy atom. The topological polar surface area (TPSA) is 34.1 Å². The molecular weight excluding hydrogens is 232 g/mol. The van der Waals surface area contributed by atoms with Crippen molar-refractivity contribution >= 4 is 28.0 Å². The first-order valence-corrected chi connectivity index (χ1v) is 5.17. The number of ketones is 1. The highest BCUT2D eigenvalue weighted by Crippen LogP contribution is 2.63. The van der Waals surface area contributed by atoms with Gasteiger partial charge in [0.15, 0.2) is 5.78 Å². The van der Waals surface area contributed by atoms with Crippen LogP contribution < -0.4 is 0 Å². The number of aldehydes is 1. The molecule has 1 saturated carbocycles. The highest BCUT2D eigenvalue weighted by atomic mass is 79.9. The van der Waals surface area contributed by atoms with Crippen LogP contribution in [0.15, 0.2) is 0 Å². The molecule has 1 aliphatic carbocycles. The molecule has 1 aliphatic rings. The van der Waals surface area contributed by atoms with E-state index in [4.69, 9.17) is 0 Å². The van der Waals surface area contributed by atoms with E-state index in [0.717, 1.165) is 6.29 Å². The summed E-state index contributed by atoms with van der Waals surface area (Å²) in [6, 6.07) is 0. The standard InChI is InChI=1S/C10H15BrO2/c1-8(2,3)7(13)10(11)5-9(10,4)6-12/h6H,5H2,1-4H3. The van der Waals surface area contributed by atoms with Gasteiger partial charge in [-0.2, -0.15) is 0 Å². The molecule has 13 heavy (non-hydrogen) atoms. The second-order valence-corrected chi connectivity index (χ2v) is 6.45. The minimum Gasteiger partial charge on any atom is -0.303 e. The Kier molecular flexibility index (Phi) is 2.23. The van der Waals surface area contributed by atoms with Crippen molar-refractivity contribution in [2.75, 3.05) is 0 Å². The SMILES string of the molecule is CC(C)(C)C(=O)C1(Br)CC1(C)C=O. The van der Waals surface area contributed by atoms with Gasteiger partial charge in [-0.15, -0.1) is 0 Å². The highest BCUT2D eigenvalue weighted by Gasteiger charge is 2.69. The van der Waals surface area contributed by atoms with Crippen LogP contribution in [0.25, 0.3) is 0 Å². The van der Waals surface area contributed by atoms with E-state index in [0.29, 0.717) is 6.42 Å². The van der Waals surface area contributed by atoms with Gasteiger partial charge in [-0.3, -0.25) is 4.79 Å². The van der Waals surface area contributed by atoms with E-state index >= 15 is 0 Å². The molecule has 0 aromatic carbocycles. The third-order valence-electron chi connectivity index (χ3n) is 2.69. The summed E-state index contributed by atoms with van der Waals surface area (Å²) in [5, 5.41) is 0. The Morgan fingerprint density at radius 3 is 2.15 bits per heavy atom. The fraction of sp³-hybridized carbons (Fsp3) is 0.800. The minimum absolute atomic E-state index is 0.120. The zero-order chi connectivity index (χ0) is 10.5. The summed E-state index contributed by atoms with van der Waals surface area (Å²) in [6.07, 6.45) is 1.50. The Balaban J connectivity index is 2.89. The lowest BCUT2D eigenvalue weighted by atomic mass is 9.85. The molecule has 3 heteroatoms. The zero-order valence-electron chi connectivity index (χ0n) is 8.48. The van der Waals surface area contributed by atoms with Gasteiger partial charge in [-0.1, -0.05) is 43.6 Å². The van der Waals surface area contributed by atoms with Crippen LogP contribution in [0.4, 0.5) is 0 Å². The van der Waals surface area contributed by atoms with Crippen molar-refractivity contribution in [2.45, 2.75) is 38.4 Å². The summed E-state index contributed by atoms with van der Waals surface area (Å²) >= 11 is 3.39. The third kappa shape index (κ3) is 1.47. The number of hydrogen-bond donors (Lipinski definition) is 0. The van der Waals surface area contributed by atoms with E-state index < -0.39 is 9.74 Å². The molecule has 0 amide bonds. The van der Waals surface area contributed by atoms with Gasteiger partial charge in [0.25, 0.3) is 0 Å². The average molecular weight is 247 g/mol. The lowest BCUT2D eigenvalue weighted by Crippen LogP contribution is -2.34. The highest BCUT2D eigenvalue weighted by molar-refractivity contribution is 9.10.